The van der Waals surface area contributed by atoms with Crippen LogP contribution in [0, 0.1) is 0 Å². The highest BCUT2D eigenvalue weighted by molar-refractivity contribution is 5.70. The van der Waals surface area contributed by atoms with E-state index in [4.69, 9.17) is 14.2 Å². The molecule has 0 aliphatic rings. The van der Waals surface area contributed by atoms with E-state index in [1.54, 1.807) is 0 Å². The molecule has 0 amide bonds. The average Bonchev–Trinajstić information content (AvgIpc) is 3.27. The number of allylic oxidation sites excluding steroid dienone is 18. The topological polar surface area (TPSA) is 61.8 Å². The Kier molecular flexibility index (Phi) is 49.0. The lowest BCUT2D eigenvalue weighted by atomic mass is 10.1. The van der Waals surface area contributed by atoms with Crippen LogP contribution in [0.5, 0.6) is 0 Å². The van der Waals surface area contributed by atoms with Crippen molar-refractivity contribution in [1.29, 1.82) is 0 Å². The second kappa shape index (κ2) is 51.9. The highest BCUT2D eigenvalue weighted by Crippen LogP contribution is 2.12. The number of hydrogen-bond donors (Lipinski definition) is 0. The van der Waals surface area contributed by atoms with Crippen LogP contribution in [-0.2, 0) is 23.8 Å². The fourth-order valence-corrected chi connectivity index (χ4v) is 6.54. The molecule has 0 aromatic rings. The van der Waals surface area contributed by atoms with E-state index in [-0.39, 0.29) is 25.2 Å². The summed E-state index contributed by atoms with van der Waals surface area (Å²) in [6, 6.07) is 0. The van der Waals surface area contributed by atoms with Gasteiger partial charge in [0.2, 0.25) is 0 Å². The predicted octanol–water partition coefficient (Wildman–Crippen LogP) is 17.2. The first kappa shape index (κ1) is 58.6. The summed E-state index contributed by atoms with van der Waals surface area (Å²) < 4.78 is 17.3. The molecule has 62 heavy (non-hydrogen) atoms. The van der Waals surface area contributed by atoms with Crippen molar-refractivity contribution in [2.45, 2.75) is 219 Å². The Labute approximate surface area is 383 Å². The molecule has 1 unspecified atom stereocenters. The number of ether oxygens (including phenoxy) is 3. The molecule has 0 spiro atoms. The highest BCUT2D eigenvalue weighted by Gasteiger charge is 2.17. The zero-order valence-corrected chi connectivity index (χ0v) is 40.3. The molecule has 5 heteroatoms. The van der Waals surface area contributed by atoms with Crippen molar-refractivity contribution in [2.75, 3.05) is 19.8 Å². The molecule has 0 bridgehead atoms. The molecule has 0 radical (unpaired) electrons. The zero-order valence-electron chi connectivity index (χ0n) is 40.3. The molecule has 0 rings (SSSR count). The van der Waals surface area contributed by atoms with E-state index in [2.05, 4.69) is 130 Å². The van der Waals surface area contributed by atoms with Gasteiger partial charge in [0.05, 0.1) is 6.61 Å². The fourth-order valence-electron chi connectivity index (χ4n) is 6.54. The predicted molar refractivity (Wildman–Crippen MR) is 269 cm³/mol. The molecule has 0 saturated carbocycles. The van der Waals surface area contributed by atoms with Crippen molar-refractivity contribution in [3.8, 4) is 0 Å². The number of esters is 2. The van der Waals surface area contributed by atoms with Gasteiger partial charge in [0.25, 0.3) is 0 Å². The van der Waals surface area contributed by atoms with Crippen molar-refractivity contribution in [2.24, 2.45) is 0 Å². The van der Waals surface area contributed by atoms with Gasteiger partial charge >= 0.3 is 11.9 Å². The third kappa shape index (κ3) is 49.2. The Morgan fingerprint density at radius 3 is 1.18 bits per heavy atom. The van der Waals surface area contributed by atoms with Crippen molar-refractivity contribution in [3.63, 3.8) is 0 Å². The molecular formula is C57H94O5. The molecule has 0 N–H and O–H groups in total. The van der Waals surface area contributed by atoms with Gasteiger partial charge in [0.15, 0.2) is 6.10 Å². The first-order chi connectivity index (χ1) is 30.6. The van der Waals surface area contributed by atoms with Gasteiger partial charge < -0.3 is 14.2 Å². The molecule has 0 heterocycles. The largest absolute Gasteiger partial charge is 0.462 e. The average molecular weight is 859 g/mol. The highest BCUT2D eigenvalue weighted by atomic mass is 16.6. The molecule has 352 valence electrons. The molecule has 0 aromatic carbocycles. The van der Waals surface area contributed by atoms with Gasteiger partial charge in [-0.15, -0.1) is 0 Å². The van der Waals surface area contributed by atoms with Gasteiger partial charge in [-0.2, -0.15) is 0 Å². The fraction of sp³-hybridized carbons (Fsp3) is 0.649. The van der Waals surface area contributed by atoms with Crippen LogP contribution < -0.4 is 0 Å². The maximum absolute atomic E-state index is 12.8. The minimum Gasteiger partial charge on any atom is -0.462 e. The van der Waals surface area contributed by atoms with Crippen LogP contribution in [0.15, 0.2) is 109 Å². The Morgan fingerprint density at radius 2 is 0.726 bits per heavy atom. The molecule has 0 aliphatic carbocycles. The minimum absolute atomic E-state index is 0.0519. The molecule has 0 aromatic heterocycles. The summed E-state index contributed by atoms with van der Waals surface area (Å²) >= 11 is 0. The quantitative estimate of drug-likeness (QED) is 0.0347. The van der Waals surface area contributed by atoms with Crippen LogP contribution in [0.4, 0.5) is 0 Å². The first-order valence-corrected chi connectivity index (χ1v) is 25.4. The van der Waals surface area contributed by atoms with E-state index in [9.17, 15) is 9.59 Å². The Bertz CT molecular complexity index is 1250. The molecular weight excluding hydrogens is 765 g/mol. The van der Waals surface area contributed by atoms with E-state index in [1.807, 2.05) is 0 Å². The van der Waals surface area contributed by atoms with Crippen molar-refractivity contribution >= 4 is 11.9 Å². The Morgan fingerprint density at radius 1 is 0.371 bits per heavy atom. The maximum atomic E-state index is 12.8. The van der Waals surface area contributed by atoms with Crippen LogP contribution in [0.2, 0.25) is 0 Å². The molecule has 1 atom stereocenters. The third-order valence-electron chi connectivity index (χ3n) is 10.3. The van der Waals surface area contributed by atoms with E-state index in [1.165, 1.54) is 57.8 Å². The van der Waals surface area contributed by atoms with Crippen molar-refractivity contribution in [1.82, 2.24) is 0 Å². The molecule has 5 nitrogen and oxygen atoms in total. The number of hydrogen-bond acceptors (Lipinski definition) is 5. The van der Waals surface area contributed by atoms with Gasteiger partial charge in [-0.3, -0.25) is 9.59 Å². The molecule has 0 aliphatic heterocycles. The Balaban J connectivity index is 4.38. The summed E-state index contributed by atoms with van der Waals surface area (Å²) in [5.41, 5.74) is 0. The summed E-state index contributed by atoms with van der Waals surface area (Å²) in [7, 11) is 0. The van der Waals surface area contributed by atoms with Crippen LogP contribution in [0.25, 0.3) is 0 Å². The zero-order chi connectivity index (χ0) is 44.9. The van der Waals surface area contributed by atoms with E-state index in [0.29, 0.717) is 19.4 Å². The second-order valence-corrected chi connectivity index (χ2v) is 16.3. The van der Waals surface area contributed by atoms with E-state index < -0.39 is 6.10 Å². The lowest BCUT2D eigenvalue weighted by Gasteiger charge is -2.18. The number of rotatable bonds is 45. The van der Waals surface area contributed by atoms with Crippen LogP contribution in [-0.4, -0.2) is 37.9 Å². The van der Waals surface area contributed by atoms with Gasteiger partial charge in [-0.1, -0.05) is 188 Å². The van der Waals surface area contributed by atoms with Crippen molar-refractivity contribution in [3.05, 3.63) is 109 Å². The van der Waals surface area contributed by atoms with Crippen molar-refractivity contribution < 1.29 is 23.8 Å². The van der Waals surface area contributed by atoms with E-state index in [0.717, 1.165) is 122 Å². The van der Waals surface area contributed by atoms with Crippen LogP contribution in [0.3, 0.4) is 0 Å². The van der Waals surface area contributed by atoms with Gasteiger partial charge in [-0.25, -0.2) is 0 Å². The smallest absolute Gasteiger partial charge is 0.306 e. The first-order valence-electron chi connectivity index (χ1n) is 25.4. The summed E-state index contributed by atoms with van der Waals surface area (Å²) in [5.74, 6) is -0.465. The lowest BCUT2D eigenvalue weighted by Crippen LogP contribution is -2.30. The SMILES string of the molecule is CC/C=C\C/C=C\C/C=C\C/C=C\CCCCCCCOCC(COC(=O)CCCCCCC/C=C\C/C=C\CCCCC)OC(=O)CCCCC/C=C\C/C=C\C/C=C\CC. The summed E-state index contributed by atoms with van der Waals surface area (Å²) in [6.45, 7) is 7.47. The number of carbonyl (C=O) groups is 2. The monoisotopic (exact) mass is 859 g/mol. The standard InChI is InChI=1S/C57H94O5/c1-4-7-10-13-16-19-22-25-27-28-29-31-34-37-40-43-46-49-52-60-53-55(62-57(59)51-48-45-42-39-36-32-24-21-18-15-12-9-6-3)54-61-56(58)50-47-44-41-38-35-33-30-26-23-20-17-14-11-8-5-2/h7,9-10,12,16-21,25-27,29-32,36,55H,4-6,8,11,13-15,22-24,28,33-35,37-54H2,1-3H3/b10-7-,12-9-,19-16-,20-17-,21-18-,27-25-,30-26-,31-29-,36-32-. The minimum atomic E-state index is -0.574. The van der Waals surface area contributed by atoms with E-state index >= 15 is 0 Å². The second-order valence-electron chi connectivity index (χ2n) is 16.3. The Hall–Kier alpha value is -3.44. The molecule has 0 saturated heterocycles. The maximum Gasteiger partial charge on any atom is 0.306 e. The van der Waals surface area contributed by atoms with Crippen LogP contribution >= 0.6 is 0 Å². The summed E-state index contributed by atoms with van der Waals surface area (Å²) in [5, 5.41) is 0. The van der Waals surface area contributed by atoms with Gasteiger partial charge in [-0.05, 0) is 122 Å². The van der Waals surface area contributed by atoms with Crippen LogP contribution in [0.1, 0.15) is 213 Å². The summed E-state index contributed by atoms with van der Waals surface area (Å²) in [6.07, 6.45) is 71.0. The molecule has 0 fully saturated rings. The van der Waals surface area contributed by atoms with Gasteiger partial charge in [0.1, 0.15) is 6.61 Å². The normalized spacial score (nSPS) is 13.1. The third-order valence-corrected chi connectivity index (χ3v) is 10.3. The number of carbonyl (C=O) groups excluding carboxylic acids is 2. The lowest BCUT2D eigenvalue weighted by molar-refractivity contribution is -0.163. The number of unbranched alkanes of at least 4 members (excludes halogenated alkanes) is 16. The van der Waals surface area contributed by atoms with Gasteiger partial charge in [0, 0.05) is 19.4 Å². The summed E-state index contributed by atoms with van der Waals surface area (Å²) in [4.78, 5) is 25.4.